The van der Waals surface area contributed by atoms with E-state index in [0.717, 1.165) is 16.3 Å². The van der Waals surface area contributed by atoms with Gasteiger partial charge in [-0.1, -0.05) is 90.9 Å². The largest absolute Gasteiger partial charge is 0.0812 e. The average Bonchev–Trinajstić information content (AvgIpc) is 2.56. The van der Waals surface area contributed by atoms with Crippen LogP contribution in [0.3, 0.4) is 0 Å². The molecule has 1 fully saturated rings. The maximum Gasteiger partial charge on any atom is 0.0247 e. The van der Waals surface area contributed by atoms with E-state index in [1.807, 2.05) is 0 Å². The quantitative estimate of drug-likeness (QED) is 0.410. The van der Waals surface area contributed by atoms with E-state index in [4.69, 9.17) is 0 Å². The minimum absolute atomic E-state index is 0.789. The summed E-state index contributed by atoms with van der Waals surface area (Å²) in [4.78, 5) is 0. The molecule has 1 aliphatic rings. The Balaban J connectivity index is 1.74. The van der Waals surface area contributed by atoms with E-state index in [9.17, 15) is 0 Å². The Morgan fingerprint density at radius 1 is 0.810 bits per heavy atom. The normalized spacial score (nSPS) is 22.2. The fourth-order valence-corrected chi connectivity index (χ4v) is 3.84. The molecular weight excluding hydrogens is 367 g/mol. The molecule has 0 N–H and O–H groups in total. The molecule has 0 nitrogen and oxygen atoms in total. The maximum absolute atomic E-state index is 2.41. The zero-order valence-electron chi connectivity index (χ0n) is 12.7. The highest BCUT2D eigenvalue weighted by Gasteiger charge is 2.19. The van der Waals surface area contributed by atoms with Crippen molar-refractivity contribution in [3.63, 3.8) is 0 Å². The molecule has 2 aromatic rings. The third kappa shape index (κ3) is 3.68. The van der Waals surface area contributed by atoms with Crippen LogP contribution in [0.25, 0.3) is 11.1 Å². The minimum Gasteiger partial charge on any atom is -0.0812 e. The van der Waals surface area contributed by atoms with Gasteiger partial charge in [0.05, 0.1) is 0 Å². The molecular formula is C20H23I. The van der Waals surface area contributed by atoms with Gasteiger partial charge in [0.15, 0.2) is 0 Å². The molecule has 1 aliphatic carbocycles. The summed E-state index contributed by atoms with van der Waals surface area (Å²) >= 11 is 2.41. The van der Waals surface area contributed by atoms with Gasteiger partial charge >= 0.3 is 0 Å². The second-order valence-corrected chi connectivity index (χ2v) is 7.17. The van der Waals surface area contributed by atoms with E-state index >= 15 is 0 Å². The molecule has 0 spiro atoms. The highest BCUT2D eigenvalue weighted by molar-refractivity contribution is 14.1. The van der Waals surface area contributed by atoms with Gasteiger partial charge in [-0.05, 0) is 46.9 Å². The van der Waals surface area contributed by atoms with Crippen molar-refractivity contribution in [2.24, 2.45) is 5.92 Å². The summed E-state index contributed by atoms with van der Waals surface area (Å²) in [5.74, 6) is 1.72. The Kier molecular flexibility index (Phi) is 4.99. The van der Waals surface area contributed by atoms with Crippen molar-refractivity contribution in [3.8, 4) is 11.1 Å². The highest BCUT2D eigenvalue weighted by Crippen LogP contribution is 2.36. The van der Waals surface area contributed by atoms with Gasteiger partial charge in [0.1, 0.15) is 0 Å². The van der Waals surface area contributed by atoms with Gasteiger partial charge in [0.25, 0.3) is 0 Å². The molecule has 0 atom stereocenters. The number of alkyl halides is 1. The molecule has 110 valence electrons. The van der Waals surface area contributed by atoms with Gasteiger partial charge in [-0.15, -0.1) is 0 Å². The second kappa shape index (κ2) is 6.95. The number of benzene rings is 2. The summed E-state index contributed by atoms with van der Waals surface area (Å²) < 4.78 is 1.08. The number of hydrogen-bond donors (Lipinski definition) is 0. The molecule has 0 unspecified atom stereocenters. The van der Waals surface area contributed by atoms with Gasteiger partial charge in [0.2, 0.25) is 0 Å². The van der Waals surface area contributed by atoms with Crippen molar-refractivity contribution in [1.82, 2.24) is 0 Å². The summed E-state index contributed by atoms with van der Waals surface area (Å²) in [5.41, 5.74) is 5.59. The smallest absolute Gasteiger partial charge is 0.0247 e. The van der Waals surface area contributed by atoms with Crippen LogP contribution in [0.5, 0.6) is 0 Å². The lowest BCUT2D eigenvalue weighted by atomic mass is 9.79. The van der Waals surface area contributed by atoms with E-state index in [0.29, 0.717) is 0 Å². The van der Waals surface area contributed by atoms with Crippen LogP contribution < -0.4 is 0 Å². The van der Waals surface area contributed by atoms with Crippen LogP contribution in [-0.4, -0.2) is 0 Å². The lowest BCUT2D eigenvalue weighted by molar-refractivity contribution is 0.348. The van der Waals surface area contributed by atoms with Crippen LogP contribution in [0.4, 0.5) is 0 Å². The maximum atomic E-state index is 2.41. The summed E-state index contributed by atoms with van der Waals surface area (Å²) in [5, 5.41) is 0. The van der Waals surface area contributed by atoms with Crippen molar-refractivity contribution < 1.29 is 0 Å². The molecule has 0 radical (unpaired) electrons. The first-order chi connectivity index (χ1) is 10.3. The van der Waals surface area contributed by atoms with Gasteiger partial charge in [-0.3, -0.25) is 0 Å². The fourth-order valence-electron chi connectivity index (χ4n) is 3.33. The molecule has 0 amide bonds. The van der Waals surface area contributed by atoms with Gasteiger partial charge in [0, 0.05) is 4.43 Å². The van der Waals surface area contributed by atoms with Crippen LogP contribution in [0.2, 0.25) is 0 Å². The lowest BCUT2D eigenvalue weighted by Gasteiger charge is -2.26. The first-order valence-corrected chi connectivity index (χ1v) is 9.54. The van der Waals surface area contributed by atoms with Crippen molar-refractivity contribution in [1.29, 1.82) is 0 Å². The lowest BCUT2D eigenvalue weighted by Crippen LogP contribution is -2.10. The molecule has 2 aromatic carbocycles. The molecule has 0 saturated heterocycles. The van der Waals surface area contributed by atoms with Crippen LogP contribution in [0, 0.1) is 5.92 Å². The summed E-state index contributed by atoms with van der Waals surface area (Å²) in [6.07, 6.45) is 5.52. The average molecular weight is 390 g/mol. The van der Waals surface area contributed by atoms with Crippen LogP contribution in [0.1, 0.15) is 49.7 Å². The first-order valence-electron chi connectivity index (χ1n) is 8.01. The molecule has 21 heavy (non-hydrogen) atoms. The Labute approximate surface area is 142 Å². The Morgan fingerprint density at radius 2 is 1.33 bits per heavy atom. The molecule has 0 bridgehead atoms. The van der Waals surface area contributed by atoms with Gasteiger partial charge in [-0.2, -0.15) is 0 Å². The molecule has 0 aliphatic heterocycles. The molecule has 1 saturated carbocycles. The van der Waals surface area contributed by atoms with E-state index in [1.54, 1.807) is 0 Å². The minimum atomic E-state index is 0.789. The Morgan fingerprint density at radius 3 is 1.86 bits per heavy atom. The Bertz CT molecular complexity index is 560. The van der Waals surface area contributed by atoms with Gasteiger partial charge in [-0.25, -0.2) is 0 Å². The van der Waals surface area contributed by atoms with Crippen molar-refractivity contribution in [3.05, 3.63) is 59.7 Å². The van der Waals surface area contributed by atoms with E-state index in [2.05, 4.69) is 78.0 Å². The molecule has 0 heterocycles. The monoisotopic (exact) mass is 390 g/mol. The SMILES string of the molecule is CC1CCC(c2ccc(-c3ccc(CI)cc3)cc2)CC1. The van der Waals surface area contributed by atoms with Gasteiger partial charge < -0.3 is 0 Å². The second-order valence-electron chi connectivity index (χ2n) is 6.41. The van der Waals surface area contributed by atoms with E-state index in [-0.39, 0.29) is 0 Å². The van der Waals surface area contributed by atoms with Crippen molar-refractivity contribution in [2.45, 2.75) is 43.0 Å². The van der Waals surface area contributed by atoms with Crippen LogP contribution >= 0.6 is 22.6 Å². The third-order valence-electron chi connectivity index (χ3n) is 4.84. The fraction of sp³-hybridized carbons (Fsp3) is 0.400. The summed E-state index contributed by atoms with van der Waals surface area (Å²) in [7, 11) is 0. The molecule has 0 aromatic heterocycles. The number of rotatable bonds is 3. The topological polar surface area (TPSA) is 0 Å². The van der Waals surface area contributed by atoms with E-state index < -0.39 is 0 Å². The zero-order valence-corrected chi connectivity index (χ0v) is 14.8. The number of halogens is 1. The number of hydrogen-bond acceptors (Lipinski definition) is 0. The highest BCUT2D eigenvalue weighted by atomic mass is 127. The molecule has 3 rings (SSSR count). The van der Waals surface area contributed by atoms with Crippen LogP contribution in [-0.2, 0) is 4.43 Å². The van der Waals surface area contributed by atoms with E-state index in [1.165, 1.54) is 47.9 Å². The summed E-state index contributed by atoms with van der Waals surface area (Å²) in [6.45, 7) is 2.39. The first kappa shape index (κ1) is 15.1. The zero-order chi connectivity index (χ0) is 14.7. The predicted octanol–water partition coefficient (Wildman–Crippen LogP) is 6.58. The molecule has 1 heteroatoms. The Hall–Kier alpha value is -0.830. The predicted molar refractivity (Wildman–Crippen MR) is 100.0 cm³/mol. The third-order valence-corrected chi connectivity index (χ3v) is 5.72. The standard InChI is InChI=1S/C20H23I/c1-15-2-6-17(7-3-15)19-10-12-20(13-11-19)18-8-4-16(14-21)5-9-18/h4-5,8-13,15,17H,2-3,6-7,14H2,1H3. The van der Waals surface area contributed by atoms with Crippen molar-refractivity contribution >= 4 is 22.6 Å². The van der Waals surface area contributed by atoms with Crippen LogP contribution in [0.15, 0.2) is 48.5 Å². The van der Waals surface area contributed by atoms with Crippen molar-refractivity contribution in [2.75, 3.05) is 0 Å². The summed E-state index contributed by atoms with van der Waals surface area (Å²) in [6, 6.07) is 18.2.